The molecule has 0 saturated heterocycles. The predicted octanol–water partition coefficient (Wildman–Crippen LogP) is 5.02. The van der Waals surface area contributed by atoms with Crippen LogP contribution in [0, 0.1) is 0 Å². The van der Waals surface area contributed by atoms with Gasteiger partial charge in [0.2, 0.25) is 11.8 Å². The number of hydrogen-bond acceptors (Lipinski definition) is 4. The fraction of sp³-hybridized carbons (Fsp3) is 0.481. The predicted molar refractivity (Wildman–Crippen MR) is 135 cm³/mol. The molecule has 1 N–H and O–H groups in total. The van der Waals surface area contributed by atoms with E-state index in [2.05, 4.69) is 21.2 Å². The number of aryl methyl sites for hydroxylation is 1. The molecule has 0 spiro atoms. The summed E-state index contributed by atoms with van der Waals surface area (Å²) in [4.78, 5) is 28.2. The van der Waals surface area contributed by atoms with E-state index in [0.717, 1.165) is 52.8 Å². The van der Waals surface area contributed by atoms with Crippen molar-refractivity contribution >= 4 is 27.7 Å². The van der Waals surface area contributed by atoms with E-state index in [1.54, 1.807) is 4.90 Å². The average molecular weight is 529 g/mol. The lowest BCUT2D eigenvalue weighted by Crippen LogP contribution is -2.50. The molecule has 1 fully saturated rings. The first-order valence-electron chi connectivity index (χ1n) is 12.2. The van der Waals surface area contributed by atoms with Gasteiger partial charge in [0.25, 0.3) is 0 Å². The molecule has 6 nitrogen and oxygen atoms in total. The molecule has 34 heavy (non-hydrogen) atoms. The van der Waals surface area contributed by atoms with Gasteiger partial charge in [0.05, 0.1) is 0 Å². The van der Waals surface area contributed by atoms with Crippen LogP contribution in [-0.4, -0.2) is 42.0 Å². The second-order valence-corrected chi connectivity index (χ2v) is 10.1. The molecule has 1 atom stereocenters. The molecule has 1 aliphatic heterocycles. The summed E-state index contributed by atoms with van der Waals surface area (Å²) in [6.07, 6.45) is 6.45. The second-order valence-electron chi connectivity index (χ2n) is 9.15. The number of carbonyl (C=O) groups excluding carboxylic acids is 2. The van der Waals surface area contributed by atoms with E-state index in [0.29, 0.717) is 32.6 Å². The molecule has 7 heteroatoms. The van der Waals surface area contributed by atoms with E-state index >= 15 is 0 Å². The number of hydrogen-bond donors (Lipinski definition) is 1. The molecular formula is C27H33BrN2O4. The number of ether oxygens (including phenoxy) is 2. The number of halogens is 1. The van der Waals surface area contributed by atoms with Crippen LogP contribution in [0.5, 0.6) is 11.5 Å². The number of rotatable bonds is 8. The highest BCUT2D eigenvalue weighted by molar-refractivity contribution is 9.10. The maximum absolute atomic E-state index is 13.4. The van der Waals surface area contributed by atoms with Gasteiger partial charge in [0.15, 0.2) is 11.5 Å². The molecule has 1 heterocycles. The first-order chi connectivity index (χ1) is 16.5. The van der Waals surface area contributed by atoms with Crippen LogP contribution in [0.15, 0.2) is 46.9 Å². The summed E-state index contributed by atoms with van der Waals surface area (Å²) in [5, 5.41) is 3.19. The maximum Gasteiger partial charge on any atom is 0.242 e. The molecule has 1 saturated carbocycles. The zero-order chi connectivity index (χ0) is 23.9. The van der Waals surface area contributed by atoms with Crippen molar-refractivity contribution in [2.24, 2.45) is 0 Å². The number of carbonyl (C=O) groups is 2. The Morgan fingerprint density at radius 1 is 1.00 bits per heavy atom. The SMILES string of the molecule is C[C@H](C(=O)NC1CCCCC1)N(Cc1ccc(Br)cc1)C(=O)CCc1ccc2c(c1)OCCO2. The third-order valence-electron chi connectivity index (χ3n) is 6.62. The zero-order valence-electron chi connectivity index (χ0n) is 19.7. The van der Waals surface area contributed by atoms with Crippen LogP contribution in [0.25, 0.3) is 0 Å². The fourth-order valence-corrected chi connectivity index (χ4v) is 4.84. The molecule has 0 aromatic heterocycles. The molecule has 2 aromatic rings. The molecule has 1 aliphatic carbocycles. The largest absolute Gasteiger partial charge is 0.486 e. The van der Waals surface area contributed by atoms with Crippen molar-refractivity contribution in [3.8, 4) is 11.5 Å². The monoisotopic (exact) mass is 528 g/mol. The molecule has 2 aliphatic rings. The van der Waals surface area contributed by atoms with Crippen molar-refractivity contribution in [3.63, 3.8) is 0 Å². The number of nitrogens with zero attached hydrogens (tertiary/aromatic N) is 1. The summed E-state index contributed by atoms with van der Waals surface area (Å²) < 4.78 is 12.2. The van der Waals surface area contributed by atoms with E-state index in [1.807, 2.05) is 49.4 Å². The molecule has 2 amide bonds. The van der Waals surface area contributed by atoms with Crippen molar-refractivity contribution in [2.45, 2.75) is 70.5 Å². The molecule has 182 valence electrons. The Kier molecular flexibility index (Phi) is 8.48. The number of nitrogens with one attached hydrogen (secondary N) is 1. The van der Waals surface area contributed by atoms with Crippen LogP contribution in [-0.2, 0) is 22.6 Å². The summed E-state index contributed by atoms with van der Waals surface area (Å²) in [5.74, 6) is 1.36. The minimum Gasteiger partial charge on any atom is -0.486 e. The summed E-state index contributed by atoms with van der Waals surface area (Å²) >= 11 is 3.46. The minimum atomic E-state index is -0.543. The van der Waals surface area contributed by atoms with E-state index < -0.39 is 6.04 Å². The summed E-state index contributed by atoms with van der Waals surface area (Å²) in [6.45, 7) is 3.31. The van der Waals surface area contributed by atoms with Crippen molar-refractivity contribution < 1.29 is 19.1 Å². The van der Waals surface area contributed by atoms with Crippen LogP contribution in [0.1, 0.15) is 56.6 Å². The van der Waals surface area contributed by atoms with Crippen LogP contribution < -0.4 is 14.8 Å². The molecule has 0 unspecified atom stereocenters. The molecular weight excluding hydrogens is 496 g/mol. The summed E-state index contributed by atoms with van der Waals surface area (Å²) in [7, 11) is 0. The van der Waals surface area contributed by atoms with E-state index in [9.17, 15) is 9.59 Å². The van der Waals surface area contributed by atoms with Crippen molar-refractivity contribution in [1.29, 1.82) is 0 Å². The Bertz CT molecular complexity index is 989. The van der Waals surface area contributed by atoms with Crippen LogP contribution in [0.4, 0.5) is 0 Å². The van der Waals surface area contributed by atoms with Gasteiger partial charge in [-0.2, -0.15) is 0 Å². The van der Waals surface area contributed by atoms with Gasteiger partial charge in [-0.05, 0) is 61.6 Å². The Morgan fingerprint density at radius 2 is 1.68 bits per heavy atom. The smallest absolute Gasteiger partial charge is 0.242 e. The summed E-state index contributed by atoms with van der Waals surface area (Å²) in [6, 6.07) is 13.4. The standard InChI is InChI=1S/C27H33BrN2O4/c1-19(27(32)29-23-5-3-2-4-6-23)30(18-21-7-11-22(28)12-8-21)26(31)14-10-20-9-13-24-25(17-20)34-16-15-33-24/h7-9,11-13,17,19,23H,2-6,10,14-16,18H2,1H3,(H,29,32)/t19-/m1/s1. The van der Waals surface area contributed by atoms with Gasteiger partial charge in [-0.15, -0.1) is 0 Å². The van der Waals surface area contributed by atoms with Crippen LogP contribution in [0.3, 0.4) is 0 Å². The molecule has 0 radical (unpaired) electrons. The van der Waals surface area contributed by atoms with Crippen molar-refractivity contribution in [2.75, 3.05) is 13.2 Å². The zero-order valence-corrected chi connectivity index (χ0v) is 21.3. The normalized spacial score (nSPS) is 16.5. The molecule has 4 rings (SSSR count). The van der Waals surface area contributed by atoms with Crippen molar-refractivity contribution in [1.82, 2.24) is 10.2 Å². The van der Waals surface area contributed by atoms with Crippen LogP contribution >= 0.6 is 15.9 Å². The summed E-state index contributed by atoms with van der Waals surface area (Å²) in [5.41, 5.74) is 2.01. The Labute approximate surface area is 210 Å². The third kappa shape index (κ3) is 6.53. The minimum absolute atomic E-state index is 0.0379. The van der Waals surface area contributed by atoms with Gasteiger partial charge in [0.1, 0.15) is 19.3 Å². The second kappa shape index (κ2) is 11.7. The Hall–Kier alpha value is -2.54. The fourth-order valence-electron chi connectivity index (χ4n) is 4.58. The van der Waals surface area contributed by atoms with E-state index in [4.69, 9.17) is 9.47 Å². The topological polar surface area (TPSA) is 67.9 Å². The van der Waals surface area contributed by atoms with Gasteiger partial charge in [0, 0.05) is 23.5 Å². The lowest BCUT2D eigenvalue weighted by Gasteiger charge is -2.31. The van der Waals surface area contributed by atoms with Gasteiger partial charge in [-0.3, -0.25) is 9.59 Å². The van der Waals surface area contributed by atoms with Gasteiger partial charge in [-0.1, -0.05) is 53.4 Å². The lowest BCUT2D eigenvalue weighted by molar-refractivity contribution is -0.141. The molecule has 2 aromatic carbocycles. The highest BCUT2D eigenvalue weighted by Gasteiger charge is 2.28. The van der Waals surface area contributed by atoms with Crippen LogP contribution in [0.2, 0.25) is 0 Å². The molecule has 0 bridgehead atoms. The number of amides is 2. The van der Waals surface area contributed by atoms with Crippen molar-refractivity contribution in [3.05, 3.63) is 58.1 Å². The quantitative estimate of drug-likeness (QED) is 0.522. The van der Waals surface area contributed by atoms with Gasteiger partial charge in [-0.25, -0.2) is 0 Å². The average Bonchev–Trinajstić information content (AvgIpc) is 2.87. The Balaban J connectivity index is 1.44. The highest BCUT2D eigenvalue weighted by Crippen LogP contribution is 2.31. The number of benzene rings is 2. The third-order valence-corrected chi connectivity index (χ3v) is 7.15. The first kappa shape index (κ1) is 24.6. The van der Waals surface area contributed by atoms with Gasteiger partial charge < -0.3 is 19.7 Å². The van der Waals surface area contributed by atoms with Gasteiger partial charge >= 0.3 is 0 Å². The number of fused-ring (bicyclic) bond motifs is 1. The van der Waals surface area contributed by atoms with E-state index in [-0.39, 0.29) is 17.9 Å². The lowest BCUT2D eigenvalue weighted by atomic mass is 9.95. The maximum atomic E-state index is 13.4. The first-order valence-corrected chi connectivity index (χ1v) is 13.0. The Morgan fingerprint density at radius 3 is 2.41 bits per heavy atom. The van der Waals surface area contributed by atoms with E-state index in [1.165, 1.54) is 6.42 Å². The highest BCUT2D eigenvalue weighted by atomic mass is 79.9.